The van der Waals surface area contributed by atoms with Gasteiger partial charge in [0.05, 0.1) is 11.3 Å². The summed E-state index contributed by atoms with van der Waals surface area (Å²) in [5.41, 5.74) is 4.67. The molecule has 0 aromatic rings. The molecule has 0 amide bonds. The molecule has 7 heteroatoms. The van der Waals surface area contributed by atoms with Gasteiger partial charge in [0, 0.05) is 6.42 Å². The maximum absolute atomic E-state index is 12.4. The van der Waals surface area contributed by atoms with Crippen LogP contribution in [-0.4, -0.2) is 35.3 Å². The highest BCUT2D eigenvalue weighted by molar-refractivity contribution is 5.87. The van der Waals surface area contributed by atoms with E-state index in [1.165, 1.54) is 0 Å². The molecule has 1 aliphatic carbocycles. The Morgan fingerprint density at radius 1 is 1.08 bits per heavy atom. The van der Waals surface area contributed by atoms with E-state index in [1.807, 2.05) is 6.92 Å². The summed E-state index contributed by atoms with van der Waals surface area (Å²) >= 11 is 0. The molecule has 0 radical (unpaired) electrons. The van der Waals surface area contributed by atoms with Gasteiger partial charge in [-0.3, -0.25) is 14.4 Å². The SMILES string of the molecule is CCCC(OC(=O)C(C)C)OC(=O)C(N)C1(C(=O)O)CCCCC1. The van der Waals surface area contributed by atoms with E-state index in [1.54, 1.807) is 13.8 Å². The van der Waals surface area contributed by atoms with Crippen molar-refractivity contribution in [3.05, 3.63) is 0 Å². The largest absolute Gasteiger partial charge is 0.481 e. The van der Waals surface area contributed by atoms with Gasteiger partial charge in [-0.15, -0.1) is 0 Å². The van der Waals surface area contributed by atoms with Crippen LogP contribution in [-0.2, 0) is 23.9 Å². The lowest BCUT2D eigenvalue weighted by Gasteiger charge is -2.37. The van der Waals surface area contributed by atoms with Crippen LogP contribution in [0.25, 0.3) is 0 Å². The highest BCUT2D eigenvalue weighted by atomic mass is 16.7. The Morgan fingerprint density at radius 3 is 2.08 bits per heavy atom. The molecule has 0 aromatic carbocycles. The van der Waals surface area contributed by atoms with Crippen molar-refractivity contribution >= 4 is 17.9 Å². The monoisotopic (exact) mass is 343 g/mol. The summed E-state index contributed by atoms with van der Waals surface area (Å²) in [7, 11) is 0. The number of carboxylic acids is 1. The summed E-state index contributed by atoms with van der Waals surface area (Å²) in [4.78, 5) is 35.8. The standard InChI is InChI=1S/C17H29NO6/c1-4-8-12(23-14(19)11(2)3)24-15(20)13(18)17(16(21)22)9-6-5-7-10-17/h11-13H,4-10,18H2,1-3H3,(H,21,22). The first-order valence-electron chi connectivity index (χ1n) is 8.64. The van der Waals surface area contributed by atoms with Gasteiger partial charge in [-0.2, -0.15) is 0 Å². The molecular weight excluding hydrogens is 314 g/mol. The highest BCUT2D eigenvalue weighted by Crippen LogP contribution is 2.39. The molecule has 2 atom stereocenters. The quantitative estimate of drug-likeness (QED) is 0.512. The van der Waals surface area contributed by atoms with Gasteiger partial charge in [-0.25, -0.2) is 0 Å². The van der Waals surface area contributed by atoms with Crippen LogP contribution in [0.15, 0.2) is 0 Å². The average Bonchev–Trinajstić information content (AvgIpc) is 2.54. The second-order valence-electron chi connectivity index (χ2n) is 6.75. The van der Waals surface area contributed by atoms with Crippen LogP contribution in [0.5, 0.6) is 0 Å². The van der Waals surface area contributed by atoms with Crippen LogP contribution in [0.1, 0.15) is 65.7 Å². The Morgan fingerprint density at radius 2 is 1.62 bits per heavy atom. The van der Waals surface area contributed by atoms with Crippen molar-refractivity contribution in [2.24, 2.45) is 17.1 Å². The Labute approximate surface area is 142 Å². The highest BCUT2D eigenvalue weighted by Gasteiger charge is 2.49. The van der Waals surface area contributed by atoms with Crippen LogP contribution in [0, 0.1) is 11.3 Å². The van der Waals surface area contributed by atoms with Gasteiger partial charge in [-0.05, 0) is 19.3 Å². The topological polar surface area (TPSA) is 116 Å². The third-order valence-corrected chi connectivity index (χ3v) is 4.51. The predicted molar refractivity (Wildman–Crippen MR) is 86.8 cm³/mol. The smallest absolute Gasteiger partial charge is 0.327 e. The lowest BCUT2D eigenvalue weighted by molar-refractivity contribution is -0.196. The molecule has 1 aliphatic rings. The number of aliphatic carboxylic acids is 1. The summed E-state index contributed by atoms with van der Waals surface area (Å²) in [6.07, 6.45) is 3.02. The van der Waals surface area contributed by atoms with E-state index in [4.69, 9.17) is 15.2 Å². The normalized spacial score (nSPS) is 19.4. The molecule has 0 bridgehead atoms. The van der Waals surface area contributed by atoms with E-state index in [9.17, 15) is 19.5 Å². The van der Waals surface area contributed by atoms with Crippen molar-refractivity contribution in [3.63, 3.8) is 0 Å². The van der Waals surface area contributed by atoms with Crippen molar-refractivity contribution in [1.82, 2.24) is 0 Å². The maximum Gasteiger partial charge on any atom is 0.327 e. The number of carbonyl (C=O) groups is 3. The Balaban J connectivity index is 2.81. The van der Waals surface area contributed by atoms with Gasteiger partial charge in [0.15, 0.2) is 0 Å². The van der Waals surface area contributed by atoms with E-state index in [-0.39, 0.29) is 5.92 Å². The van der Waals surface area contributed by atoms with Crippen LogP contribution >= 0.6 is 0 Å². The molecule has 24 heavy (non-hydrogen) atoms. The second kappa shape index (κ2) is 9.01. The number of carbonyl (C=O) groups excluding carboxylic acids is 2. The fourth-order valence-corrected chi connectivity index (χ4v) is 2.91. The molecule has 0 spiro atoms. The van der Waals surface area contributed by atoms with Crippen molar-refractivity contribution in [3.8, 4) is 0 Å². The Hall–Kier alpha value is -1.63. The molecule has 1 saturated carbocycles. The van der Waals surface area contributed by atoms with E-state index < -0.39 is 35.7 Å². The predicted octanol–water partition coefficient (Wildman–Crippen LogP) is 2.22. The number of hydrogen-bond donors (Lipinski definition) is 2. The number of hydrogen-bond acceptors (Lipinski definition) is 6. The molecule has 0 aliphatic heterocycles. The minimum Gasteiger partial charge on any atom is -0.481 e. The lowest BCUT2D eigenvalue weighted by Crippen LogP contribution is -2.54. The zero-order chi connectivity index (χ0) is 18.3. The minimum atomic E-state index is -1.30. The molecule has 138 valence electrons. The molecule has 2 unspecified atom stereocenters. The molecule has 1 rings (SSSR count). The first-order chi connectivity index (χ1) is 11.2. The third kappa shape index (κ3) is 4.93. The number of rotatable bonds is 8. The van der Waals surface area contributed by atoms with E-state index >= 15 is 0 Å². The third-order valence-electron chi connectivity index (χ3n) is 4.51. The van der Waals surface area contributed by atoms with Gasteiger partial charge >= 0.3 is 17.9 Å². The second-order valence-corrected chi connectivity index (χ2v) is 6.75. The van der Waals surface area contributed by atoms with Crippen LogP contribution in [0.2, 0.25) is 0 Å². The maximum atomic E-state index is 12.4. The summed E-state index contributed by atoms with van der Waals surface area (Å²) in [6, 6.07) is -1.27. The number of carboxylic acid groups (broad SMARTS) is 1. The van der Waals surface area contributed by atoms with Gasteiger partial charge in [0.1, 0.15) is 6.04 Å². The molecule has 0 heterocycles. The number of esters is 2. The lowest BCUT2D eigenvalue weighted by atomic mass is 9.69. The summed E-state index contributed by atoms with van der Waals surface area (Å²) in [5.74, 6) is -2.71. The molecule has 0 aromatic heterocycles. The van der Waals surface area contributed by atoms with E-state index in [0.29, 0.717) is 38.5 Å². The Bertz CT molecular complexity index is 456. The Kier molecular flexibility index (Phi) is 7.66. The van der Waals surface area contributed by atoms with Crippen LogP contribution < -0.4 is 5.73 Å². The average molecular weight is 343 g/mol. The fraction of sp³-hybridized carbons (Fsp3) is 0.824. The van der Waals surface area contributed by atoms with Crippen molar-refractivity contribution in [1.29, 1.82) is 0 Å². The molecule has 1 fully saturated rings. The van der Waals surface area contributed by atoms with Gasteiger partial charge in [-0.1, -0.05) is 40.0 Å². The first kappa shape index (κ1) is 20.4. The minimum absolute atomic E-state index is 0.344. The van der Waals surface area contributed by atoms with Gasteiger partial charge in [0.2, 0.25) is 6.29 Å². The number of ether oxygens (including phenoxy) is 2. The molecule has 3 N–H and O–H groups in total. The van der Waals surface area contributed by atoms with E-state index in [2.05, 4.69) is 0 Å². The first-order valence-corrected chi connectivity index (χ1v) is 8.64. The number of nitrogens with two attached hydrogens (primary N) is 1. The molecule has 0 saturated heterocycles. The van der Waals surface area contributed by atoms with Crippen LogP contribution in [0.4, 0.5) is 0 Å². The molecule has 7 nitrogen and oxygen atoms in total. The van der Waals surface area contributed by atoms with Gasteiger partial charge < -0.3 is 20.3 Å². The summed E-state index contributed by atoms with van der Waals surface area (Å²) < 4.78 is 10.4. The van der Waals surface area contributed by atoms with Crippen molar-refractivity contribution in [2.75, 3.05) is 0 Å². The zero-order valence-electron chi connectivity index (χ0n) is 14.7. The van der Waals surface area contributed by atoms with Crippen molar-refractivity contribution in [2.45, 2.75) is 78.0 Å². The van der Waals surface area contributed by atoms with E-state index in [0.717, 1.165) is 6.42 Å². The van der Waals surface area contributed by atoms with Crippen molar-refractivity contribution < 1.29 is 29.0 Å². The zero-order valence-corrected chi connectivity index (χ0v) is 14.7. The molecular formula is C17H29NO6. The fourth-order valence-electron chi connectivity index (χ4n) is 2.91. The summed E-state index contributed by atoms with van der Waals surface area (Å²) in [6.45, 7) is 5.23. The van der Waals surface area contributed by atoms with Gasteiger partial charge in [0.25, 0.3) is 0 Å². The van der Waals surface area contributed by atoms with Crippen LogP contribution in [0.3, 0.4) is 0 Å². The summed E-state index contributed by atoms with van der Waals surface area (Å²) in [5, 5.41) is 9.59.